The van der Waals surface area contributed by atoms with E-state index in [0.717, 1.165) is 27.1 Å². The second kappa shape index (κ2) is 7.44. The number of aromatic amines is 1. The Labute approximate surface area is 178 Å². The van der Waals surface area contributed by atoms with Crippen LogP contribution in [0.5, 0.6) is 0 Å². The van der Waals surface area contributed by atoms with Crippen molar-refractivity contribution in [3.8, 4) is 11.5 Å². The molecule has 1 aromatic carbocycles. The second-order valence-electron chi connectivity index (χ2n) is 7.45. The van der Waals surface area contributed by atoms with Gasteiger partial charge in [0.2, 0.25) is 5.82 Å². The first-order valence-corrected chi connectivity index (χ1v) is 12.0. The van der Waals surface area contributed by atoms with Gasteiger partial charge in [-0.3, -0.25) is 9.29 Å². The number of nitrogens with one attached hydrogen (secondary N) is 1. The molecular weight excluding hydrogens is 420 g/mol. The fourth-order valence-electron chi connectivity index (χ4n) is 3.50. The van der Waals surface area contributed by atoms with Crippen LogP contribution in [0, 0.1) is 12.8 Å². The van der Waals surface area contributed by atoms with Gasteiger partial charge in [0, 0.05) is 17.4 Å². The zero-order valence-electron chi connectivity index (χ0n) is 16.3. The highest BCUT2D eigenvalue weighted by molar-refractivity contribution is 7.93. The molecule has 0 amide bonds. The predicted octanol–water partition coefficient (Wildman–Crippen LogP) is 3.78. The van der Waals surface area contributed by atoms with Crippen LogP contribution in [0.1, 0.15) is 24.8 Å². The topological polar surface area (TPSA) is 105 Å². The standard InChI is InChI=1S/C20H20N6O2S2/c1-13-16-4-2-3-5-18(16)29-20(13)26(11-10-14-6-7-14)30(27,28)15-8-9-17(21-12-15)19-22-24-25-23-19/h2-5,8-9,12,14H,6-7,10-11H2,1H3,(H,22,23,24,25). The van der Waals surface area contributed by atoms with Gasteiger partial charge < -0.3 is 0 Å². The fourth-order valence-corrected chi connectivity index (χ4v) is 6.43. The first-order chi connectivity index (χ1) is 14.5. The number of tetrazole rings is 1. The first kappa shape index (κ1) is 19.1. The van der Waals surface area contributed by atoms with Crippen LogP contribution in [0.2, 0.25) is 0 Å². The van der Waals surface area contributed by atoms with Gasteiger partial charge in [0.05, 0.1) is 0 Å². The molecule has 0 radical (unpaired) electrons. The third-order valence-corrected chi connectivity index (χ3v) is 8.58. The van der Waals surface area contributed by atoms with Crippen LogP contribution in [0.25, 0.3) is 21.6 Å². The maximum absolute atomic E-state index is 13.6. The minimum Gasteiger partial charge on any atom is -0.257 e. The Morgan fingerprint density at radius 3 is 2.70 bits per heavy atom. The van der Waals surface area contributed by atoms with Crippen LogP contribution in [-0.4, -0.2) is 40.6 Å². The van der Waals surface area contributed by atoms with Crippen LogP contribution in [0.4, 0.5) is 5.00 Å². The molecule has 0 saturated heterocycles. The molecule has 154 valence electrons. The molecule has 0 bridgehead atoms. The molecule has 3 heterocycles. The third kappa shape index (κ3) is 3.46. The van der Waals surface area contributed by atoms with Gasteiger partial charge >= 0.3 is 0 Å². The summed E-state index contributed by atoms with van der Waals surface area (Å²) in [6.45, 7) is 2.46. The van der Waals surface area contributed by atoms with Crippen molar-refractivity contribution < 1.29 is 8.42 Å². The van der Waals surface area contributed by atoms with E-state index in [4.69, 9.17) is 0 Å². The van der Waals surface area contributed by atoms with Gasteiger partial charge in [-0.05, 0) is 53.6 Å². The highest BCUT2D eigenvalue weighted by atomic mass is 32.2. The van der Waals surface area contributed by atoms with E-state index >= 15 is 0 Å². The Morgan fingerprint density at radius 1 is 1.20 bits per heavy atom. The number of H-pyrrole nitrogens is 1. The highest BCUT2D eigenvalue weighted by Crippen LogP contribution is 2.41. The molecular formula is C20H20N6O2S2. The smallest absolute Gasteiger partial charge is 0.257 e. The lowest BCUT2D eigenvalue weighted by Crippen LogP contribution is -2.32. The number of hydrogen-bond acceptors (Lipinski definition) is 7. The maximum Gasteiger partial charge on any atom is 0.266 e. The number of thiophene rings is 1. The van der Waals surface area contributed by atoms with E-state index in [1.54, 1.807) is 16.4 Å². The minimum absolute atomic E-state index is 0.155. The summed E-state index contributed by atoms with van der Waals surface area (Å²) in [6.07, 6.45) is 4.59. The molecule has 5 rings (SSSR count). The van der Waals surface area contributed by atoms with E-state index in [9.17, 15) is 8.42 Å². The summed E-state index contributed by atoms with van der Waals surface area (Å²) in [6, 6.07) is 11.2. The summed E-state index contributed by atoms with van der Waals surface area (Å²) < 4.78 is 29.9. The third-order valence-electron chi connectivity index (χ3n) is 5.38. The van der Waals surface area contributed by atoms with Crippen molar-refractivity contribution in [3.05, 3.63) is 48.2 Å². The minimum atomic E-state index is -3.76. The molecule has 1 aliphatic rings. The Bertz CT molecular complexity index is 1280. The highest BCUT2D eigenvalue weighted by Gasteiger charge is 2.31. The number of fused-ring (bicyclic) bond motifs is 1. The Balaban J connectivity index is 1.54. The van der Waals surface area contributed by atoms with E-state index in [2.05, 4.69) is 25.6 Å². The molecule has 10 heteroatoms. The van der Waals surface area contributed by atoms with Crippen LogP contribution in [0.15, 0.2) is 47.5 Å². The molecule has 3 aromatic heterocycles. The van der Waals surface area contributed by atoms with Crippen molar-refractivity contribution in [1.29, 1.82) is 0 Å². The lowest BCUT2D eigenvalue weighted by molar-refractivity contribution is 0.587. The van der Waals surface area contributed by atoms with Crippen molar-refractivity contribution in [1.82, 2.24) is 25.6 Å². The van der Waals surface area contributed by atoms with Crippen molar-refractivity contribution in [2.75, 3.05) is 10.8 Å². The number of hydrogen-bond donors (Lipinski definition) is 1. The molecule has 1 saturated carbocycles. The van der Waals surface area contributed by atoms with Gasteiger partial charge in [-0.2, -0.15) is 5.21 Å². The van der Waals surface area contributed by atoms with E-state index in [-0.39, 0.29) is 4.90 Å². The Kier molecular flexibility index (Phi) is 4.75. The number of anilines is 1. The lowest BCUT2D eigenvalue weighted by atomic mass is 10.2. The number of pyridine rings is 1. The van der Waals surface area contributed by atoms with Crippen LogP contribution in [-0.2, 0) is 10.0 Å². The van der Waals surface area contributed by atoms with E-state index in [1.165, 1.54) is 30.4 Å². The van der Waals surface area contributed by atoms with Crippen LogP contribution >= 0.6 is 11.3 Å². The molecule has 0 aliphatic heterocycles. The number of aromatic nitrogens is 5. The molecule has 30 heavy (non-hydrogen) atoms. The second-order valence-corrected chi connectivity index (χ2v) is 10.3. The summed E-state index contributed by atoms with van der Waals surface area (Å²) >= 11 is 1.52. The Morgan fingerprint density at radius 2 is 2.03 bits per heavy atom. The summed E-state index contributed by atoms with van der Waals surface area (Å²) in [4.78, 5) is 4.40. The molecule has 4 aromatic rings. The van der Waals surface area contributed by atoms with Crippen molar-refractivity contribution >= 4 is 36.4 Å². The predicted molar refractivity (Wildman–Crippen MR) is 116 cm³/mol. The van der Waals surface area contributed by atoms with Gasteiger partial charge in [0.15, 0.2) is 0 Å². The number of sulfonamides is 1. The van der Waals surface area contributed by atoms with Gasteiger partial charge in [-0.1, -0.05) is 31.0 Å². The van der Waals surface area contributed by atoms with Gasteiger partial charge in [0.1, 0.15) is 15.6 Å². The van der Waals surface area contributed by atoms with Crippen molar-refractivity contribution in [2.45, 2.75) is 31.1 Å². The number of benzene rings is 1. The zero-order chi connectivity index (χ0) is 20.7. The quantitative estimate of drug-likeness (QED) is 0.469. The normalized spacial score (nSPS) is 14.3. The van der Waals surface area contributed by atoms with Crippen LogP contribution < -0.4 is 4.31 Å². The molecule has 1 fully saturated rings. The Hall–Kier alpha value is -2.85. The summed E-state index contributed by atoms with van der Waals surface area (Å²) in [5.74, 6) is 0.945. The fraction of sp³-hybridized carbons (Fsp3) is 0.300. The van der Waals surface area contributed by atoms with E-state index in [0.29, 0.717) is 24.0 Å². The number of rotatable bonds is 7. The van der Waals surface area contributed by atoms with Crippen LogP contribution in [0.3, 0.4) is 0 Å². The lowest BCUT2D eigenvalue weighted by Gasteiger charge is -2.24. The SMILES string of the molecule is Cc1c(N(CCC2CC2)S(=O)(=O)c2ccc(-c3nn[nH]n3)nc2)sc2ccccc12. The summed E-state index contributed by atoms with van der Waals surface area (Å²) in [5.41, 5.74) is 1.46. The molecule has 1 aliphatic carbocycles. The molecule has 0 atom stereocenters. The van der Waals surface area contributed by atoms with E-state index < -0.39 is 10.0 Å². The monoisotopic (exact) mass is 440 g/mol. The first-order valence-electron chi connectivity index (χ1n) is 9.75. The van der Waals surface area contributed by atoms with Gasteiger partial charge in [-0.15, -0.1) is 21.5 Å². The molecule has 8 nitrogen and oxygen atoms in total. The van der Waals surface area contributed by atoms with Gasteiger partial charge in [-0.25, -0.2) is 8.42 Å². The molecule has 1 N–H and O–H groups in total. The number of aryl methyl sites for hydroxylation is 1. The van der Waals surface area contributed by atoms with E-state index in [1.807, 2.05) is 31.2 Å². The summed E-state index contributed by atoms with van der Waals surface area (Å²) in [5, 5.41) is 15.5. The van der Waals surface area contributed by atoms with Crippen molar-refractivity contribution in [3.63, 3.8) is 0 Å². The average Bonchev–Trinajstić information content (AvgIpc) is 3.30. The largest absolute Gasteiger partial charge is 0.266 e. The average molecular weight is 441 g/mol. The zero-order valence-corrected chi connectivity index (χ0v) is 17.9. The molecule has 0 spiro atoms. The maximum atomic E-state index is 13.6. The summed E-state index contributed by atoms with van der Waals surface area (Å²) in [7, 11) is -3.76. The van der Waals surface area contributed by atoms with Gasteiger partial charge in [0.25, 0.3) is 10.0 Å². The van der Waals surface area contributed by atoms with Crippen molar-refractivity contribution in [2.24, 2.45) is 5.92 Å². The number of nitrogens with zero attached hydrogens (tertiary/aromatic N) is 5. The molecule has 0 unspecified atom stereocenters.